The maximum Gasteiger partial charge on any atom is 0.241 e. The predicted octanol–water partition coefficient (Wildman–Crippen LogP) is 3.14. The van der Waals surface area contributed by atoms with Gasteiger partial charge >= 0.3 is 0 Å². The summed E-state index contributed by atoms with van der Waals surface area (Å²) in [6.07, 6.45) is 3.45. The lowest BCUT2D eigenvalue weighted by Gasteiger charge is -2.32. The summed E-state index contributed by atoms with van der Waals surface area (Å²) in [6.45, 7) is 3.65. The van der Waals surface area contributed by atoms with Gasteiger partial charge in [0.1, 0.15) is 0 Å². The van der Waals surface area contributed by atoms with Crippen molar-refractivity contribution in [3.63, 3.8) is 0 Å². The van der Waals surface area contributed by atoms with E-state index < -0.39 is 0 Å². The standard InChI is InChI=1S/C23H28N2O2/c1-18-7-5-6-10-21(18)16-22(26)24-17-23(27)25-13-11-20(12-14-25)15-19-8-3-2-4-9-19/h2-10,20H,11-17H2,1H3,(H,24,26). The summed E-state index contributed by atoms with van der Waals surface area (Å²) < 4.78 is 0. The van der Waals surface area contributed by atoms with Gasteiger partial charge < -0.3 is 10.2 Å². The zero-order valence-electron chi connectivity index (χ0n) is 16.0. The number of piperidine rings is 1. The second kappa shape index (κ2) is 9.36. The van der Waals surface area contributed by atoms with Gasteiger partial charge in [-0.15, -0.1) is 0 Å². The molecule has 0 radical (unpaired) electrons. The number of nitrogens with one attached hydrogen (secondary N) is 1. The van der Waals surface area contributed by atoms with Gasteiger partial charge in [0, 0.05) is 13.1 Å². The molecule has 1 aliphatic rings. The Kier molecular flexibility index (Phi) is 6.64. The van der Waals surface area contributed by atoms with E-state index in [0.717, 1.165) is 43.5 Å². The summed E-state index contributed by atoms with van der Waals surface area (Å²) in [5, 5.41) is 2.78. The van der Waals surface area contributed by atoms with Crippen LogP contribution in [-0.2, 0) is 22.4 Å². The zero-order valence-corrected chi connectivity index (χ0v) is 16.0. The van der Waals surface area contributed by atoms with Crippen LogP contribution in [0.3, 0.4) is 0 Å². The SMILES string of the molecule is Cc1ccccc1CC(=O)NCC(=O)N1CCC(Cc2ccccc2)CC1. The number of hydrogen-bond acceptors (Lipinski definition) is 2. The topological polar surface area (TPSA) is 49.4 Å². The average molecular weight is 364 g/mol. The van der Waals surface area contributed by atoms with Crippen molar-refractivity contribution in [2.75, 3.05) is 19.6 Å². The molecule has 1 aliphatic heterocycles. The highest BCUT2D eigenvalue weighted by molar-refractivity contribution is 5.85. The zero-order chi connectivity index (χ0) is 19.1. The Morgan fingerprint density at radius 3 is 2.37 bits per heavy atom. The minimum atomic E-state index is -0.100. The van der Waals surface area contributed by atoms with Crippen LogP contribution >= 0.6 is 0 Å². The Morgan fingerprint density at radius 2 is 1.67 bits per heavy atom. The van der Waals surface area contributed by atoms with Crippen molar-refractivity contribution in [2.45, 2.75) is 32.6 Å². The number of nitrogens with zero attached hydrogens (tertiary/aromatic N) is 1. The maximum atomic E-state index is 12.4. The van der Waals surface area contributed by atoms with E-state index in [9.17, 15) is 9.59 Å². The molecule has 1 fully saturated rings. The molecule has 4 nitrogen and oxygen atoms in total. The third kappa shape index (κ3) is 5.68. The fourth-order valence-corrected chi connectivity index (χ4v) is 3.66. The normalized spacial score (nSPS) is 14.8. The number of amides is 2. The van der Waals surface area contributed by atoms with E-state index in [1.165, 1.54) is 5.56 Å². The molecule has 1 N–H and O–H groups in total. The summed E-state index contributed by atoms with van der Waals surface area (Å²) in [5.74, 6) is 0.551. The highest BCUT2D eigenvalue weighted by Gasteiger charge is 2.23. The first-order valence-electron chi connectivity index (χ1n) is 9.74. The molecule has 0 spiro atoms. The molecule has 2 aromatic rings. The van der Waals surface area contributed by atoms with Gasteiger partial charge in [-0.2, -0.15) is 0 Å². The monoisotopic (exact) mass is 364 g/mol. The van der Waals surface area contributed by atoms with Crippen LogP contribution in [0.5, 0.6) is 0 Å². The van der Waals surface area contributed by atoms with Crippen molar-refractivity contribution in [3.05, 3.63) is 71.3 Å². The highest BCUT2D eigenvalue weighted by atomic mass is 16.2. The van der Waals surface area contributed by atoms with Crippen LogP contribution in [0.2, 0.25) is 0 Å². The lowest BCUT2D eigenvalue weighted by molar-refractivity contribution is -0.133. The first-order chi connectivity index (χ1) is 13.1. The predicted molar refractivity (Wildman–Crippen MR) is 107 cm³/mol. The summed E-state index contributed by atoms with van der Waals surface area (Å²) in [6, 6.07) is 18.4. The molecule has 0 atom stereocenters. The van der Waals surface area contributed by atoms with Gasteiger partial charge in [-0.1, -0.05) is 54.6 Å². The van der Waals surface area contributed by atoms with E-state index >= 15 is 0 Å². The van der Waals surface area contributed by atoms with Crippen LogP contribution < -0.4 is 5.32 Å². The van der Waals surface area contributed by atoms with E-state index in [4.69, 9.17) is 0 Å². The third-order valence-electron chi connectivity index (χ3n) is 5.38. The molecule has 4 heteroatoms. The van der Waals surface area contributed by atoms with Crippen LogP contribution in [0.4, 0.5) is 0 Å². The number of hydrogen-bond donors (Lipinski definition) is 1. The first kappa shape index (κ1) is 19.2. The van der Waals surface area contributed by atoms with Crippen LogP contribution in [-0.4, -0.2) is 36.3 Å². The van der Waals surface area contributed by atoms with Crippen molar-refractivity contribution in [1.82, 2.24) is 10.2 Å². The average Bonchev–Trinajstić information content (AvgIpc) is 2.69. The Hall–Kier alpha value is -2.62. The van der Waals surface area contributed by atoms with Gasteiger partial charge in [0.25, 0.3) is 0 Å². The highest BCUT2D eigenvalue weighted by Crippen LogP contribution is 2.21. The van der Waals surface area contributed by atoms with E-state index in [-0.39, 0.29) is 18.4 Å². The van der Waals surface area contributed by atoms with Gasteiger partial charge in [0.15, 0.2) is 0 Å². The molecule has 0 bridgehead atoms. The molecule has 0 aliphatic carbocycles. The summed E-state index contributed by atoms with van der Waals surface area (Å²) in [7, 11) is 0. The lowest BCUT2D eigenvalue weighted by atomic mass is 9.90. The fourth-order valence-electron chi connectivity index (χ4n) is 3.66. The van der Waals surface area contributed by atoms with E-state index in [2.05, 4.69) is 29.6 Å². The lowest BCUT2D eigenvalue weighted by Crippen LogP contribution is -2.44. The molecular weight excluding hydrogens is 336 g/mol. The van der Waals surface area contributed by atoms with Gasteiger partial charge in [-0.25, -0.2) is 0 Å². The Morgan fingerprint density at radius 1 is 1.00 bits per heavy atom. The molecule has 0 saturated carbocycles. The molecule has 142 valence electrons. The van der Waals surface area contributed by atoms with Crippen molar-refractivity contribution in [2.24, 2.45) is 5.92 Å². The molecular formula is C23H28N2O2. The van der Waals surface area contributed by atoms with Gasteiger partial charge in [0.2, 0.25) is 11.8 Å². The van der Waals surface area contributed by atoms with Crippen molar-refractivity contribution in [1.29, 1.82) is 0 Å². The molecule has 0 unspecified atom stereocenters. The van der Waals surface area contributed by atoms with Gasteiger partial charge in [-0.05, 0) is 48.8 Å². The molecule has 0 aromatic heterocycles. The Labute approximate surface area is 161 Å². The molecule has 1 saturated heterocycles. The number of aryl methyl sites for hydroxylation is 1. The second-order valence-electron chi connectivity index (χ2n) is 7.39. The largest absolute Gasteiger partial charge is 0.347 e. The molecule has 3 rings (SSSR count). The Balaban J connectivity index is 1.39. The van der Waals surface area contributed by atoms with E-state index in [1.807, 2.05) is 42.2 Å². The maximum absolute atomic E-state index is 12.4. The minimum Gasteiger partial charge on any atom is -0.347 e. The smallest absolute Gasteiger partial charge is 0.241 e. The second-order valence-corrected chi connectivity index (χ2v) is 7.39. The summed E-state index contributed by atoms with van der Waals surface area (Å²) in [4.78, 5) is 26.4. The van der Waals surface area contributed by atoms with E-state index in [1.54, 1.807) is 0 Å². The third-order valence-corrected chi connectivity index (χ3v) is 5.38. The number of carbonyl (C=O) groups is 2. The quantitative estimate of drug-likeness (QED) is 0.856. The van der Waals surface area contributed by atoms with Gasteiger partial charge in [-0.3, -0.25) is 9.59 Å². The fraction of sp³-hybridized carbons (Fsp3) is 0.391. The summed E-state index contributed by atoms with van der Waals surface area (Å²) >= 11 is 0. The number of carbonyl (C=O) groups excluding carboxylic acids is 2. The molecule has 2 amide bonds. The molecule has 1 heterocycles. The van der Waals surface area contributed by atoms with E-state index in [0.29, 0.717) is 12.3 Å². The van der Waals surface area contributed by atoms with Crippen molar-refractivity contribution in [3.8, 4) is 0 Å². The van der Waals surface area contributed by atoms with Crippen molar-refractivity contribution >= 4 is 11.8 Å². The summed E-state index contributed by atoms with van der Waals surface area (Å²) in [5.41, 5.74) is 3.47. The van der Waals surface area contributed by atoms with Crippen molar-refractivity contribution < 1.29 is 9.59 Å². The van der Waals surface area contributed by atoms with Crippen LogP contribution in [0, 0.1) is 12.8 Å². The number of likely N-dealkylation sites (tertiary alicyclic amines) is 1. The molecule has 27 heavy (non-hydrogen) atoms. The Bertz CT molecular complexity index is 765. The van der Waals surface area contributed by atoms with Crippen LogP contribution in [0.15, 0.2) is 54.6 Å². The minimum absolute atomic E-state index is 0.0197. The first-order valence-corrected chi connectivity index (χ1v) is 9.74. The van der Waals surface area contributed by atoms with Crippen LogP contribution in [0.25, 0.3) is 0 Å². The van der Waals surface area contributed by atoms with Gasteiger partial charge in [0.05, 0.1) is 13.0 Å². The number of rotatable bonds is 6. The number of benzene rings is 2. The molecule has 2 aromatic carbocycles. The van der Waals surface area contributed by atoms with Crippen LogP contribution in [0.1, 0.15) is 29.5 Å².